The van der Waals surface area contributed by atoms with Gasteiger partial charge < -0.3 is 4.90 Å². The molecule has 2 aromatic rings. The normalized spacial score (nSPS) is 25.3. The second-order valence-corrected chi connectivity index (χ2v) is 8.44. The fourth-order valence-corrected chi connectivity index (χ4v) is 5.02. The van der Waals surface area contributed by atoms with Gasteiger partial charge in [0.1, 0.15) is 11.2 Å². The van der Waals surface area contributed by atoms with Gasteiger partial charge >= 0.3 is 0 Å². The van der Waals surface area contributed by atoms with Gasteiger partial charge in [0.25, 0.3) is 10.8 Å². The van der Waals surface area contributed by atoms with Crippen molar-refractivity contribution < 1.29 is 13.4 Å². The minimum atomic E-state index is -1.74. The van der Waals surface area contributed by atoms with Gasteiger partial charge in [-0.15, -0.1) is 11.6 Å². The average Bonchev–Trinajstić information content (AvgIpc) is 2.98. The molecule has 0 fully saturated rings. The van der Waals surface area contributed by atoms with E-state index >= 15 is 0 Å². The summed E-state index contributed by atoms with van der Waals surface area (Å²) in [6.45, 7) is 1.73. The molecule has 27 heavy (non-hydrogen) atoms. The van der Waals surface area contributed by atoms with Gasteiger partial charge in [-0.2, -0.15) is 10.2 Å². The number of benzene rings is 2. The second-order valence-electron chi connectivity index (χ2n) is 6.37. The monoisotopic (exact) mass is 407 g/mol. The molecule has 0 saturated heterocycles. The van der Waals surface area contributed by atoms with E-state index in [1.165, 1.54) is 36.2 Å². The largest absolute Gasteiger partial charge is 0.312 e. The van der Waals surface area contributed by atoms with Crippen LogP contribution in [0.15, 0.2) is 64.8 Å². The number of carbonyl (C=O) groups excluding carboxylic acids is 1. The standard InChI is InChI=1S/C19H19ClFN3O2S/c1-13-17(20)19(23-22-13,27(26)12-14-6-4-3-5-7-14)18(25)24(2)16-10-8-15(21)9-11-16/h3-11,13,17H,12H2,1-2H3/t13-,17-,19+,27?/m0/s1. The summed E-state index contributed by atoms with van der Waals surface area (Å²) in [4.78, 5) is 12.9. The molecule has 0 radical (unpaired) electrons. The molecule has 8 heteroatoms. The number of halogens is 2. The molecule has 5 nitrogen and oxygen atoms in total. The maximum atomic E-state index is 13.3. The van der Waals surface area contributed by atoms with E-state index in [0.29, 0.717) is 5.69 Å². The average molecular weight is 408 g/mol. The van der Waals surface area contributed by atoms with Crippen LogP contribution in [0.3, 0.4) is 0 Å². The van der Waals surface area contributed by atoms with E-state index in [0.717, 1.165) is 5.56 Å². The third-order valence-electron chi connectivity index (χ3n) is 4.50. The lowest BCUT2D eigenvalue weighted by molar-refractivity contribution is -0.120. The molecule has 0 N–H and O–H groups in total. The van der Waals surface area contributed by atoms with Gasteiger partial charge in [0, 0.05) is 12.7 Å². The number of likely N-dealkylation sites (N-methyl/N-ethyl adjacent to an activating group) is 1. The molecule has 142 valence electrons. The summed E-state index contributed by atoms with van der Waals surface area (Å²) in [6, 6.07) is 14.2. The van der Waals surface area contributed by atoms with Crippen LogP contribution in [0.4, 0.5) is 10.1 Å². The van der Waals surface area contributed by atoms with Crippen LogP contribution >= 0.6 is 11.6 Å². The highest BCUT2D eigenvalue weighted by Gasteiger charge is 2.58. The zero-order chi connectivity index (χ0) is 19.6. The smallest absolute Gasteiger partial charge is 0.271 e. The summed E-state index contributed by atoms with van der Waals surface area (Å²) in [6.07, 6.45) is 0. The van der Waals surface area contributed by atoms with Crippen molar-refractivity contribution in [1.82, 2.24) is 0 Å². The van der Waals surface area contributed by atoms with E-state index < -0.39 is 38.8 Å². The number of hydrogen-bond acceptors (Lipinski definition) is 4. The van der Waals surface area contributed by atoms with Crippen LogP contribution in [-0.4, -0.2) is 33.5 Å². The fourth-order valence-electron chi connectivity index (χ4n) is 2.90. The highest BCUT2D eigenvalue weighted by Crippen LogP contribution is 2.39. The van der Waals surface area contributed by atoms with Gasteiger partial charge in [0.2, 0.25) is 0 Å². The van der Waals surface area contributed by atoms with Crippen molar-refractivity contribution in [1.29, 1.82) is 0 Å². The van der Waals surface area contributed by atoms with Crippen molar-refractivity contribution in [2.24, 2.45) is 10.2 Å². The van der Waals surface area contributed by atoms with Gasteiger partial charge in [-0.1, -0.05) is 30.3 Å². The number of nitrogens with zero attached hydrogens (tertiary/aromatic N) is 3. The Labute approximate surface area is 164 Å². The number of amides is 1. The summed E-state index contributed by atoms with van der Waals surface area (Å²) in [5, 5.41) is 7.30. The zero-order valence-corrected chi connectivity index (χ0v) is 16.5. The van der Waals surface area contributed by atoms with Gasteiger partial charge in [-0.3, -0.25) is 9.00 Å². The van der Waals surface area contributed by atoms with E-state index in [-0.39, 0.29) is 5.75 Å². The molecule has 1 amide bonds. The minimum Gasteiger partial charge on any atom is -0.312 e. The van der Waals surface area contributed by atoms with Gasteiger partial charge in [-0.25, -0.2) is 4.39 Å². The predicted octanol–water partition coefficient (Wildman–Crippen LogP) is 3.90. The van der Waals surface area contributed by atoms with Crippen LogP contribution in [0.5, 0.6) is 0 Å². The number of alkyl halides is 1. The summed E-state index contributed by atoms with van der Waals surface area (Å²) >= 11 is 6.51. The number of azo groups is 1. The molecule has 1 aliphatic heterocycles. The molecule has 4 atom stereocenters. The molecule has 0 saturated carbocycles. The zero-order valence-electron chi connectivity index (χ0n) is 14.9. The first-order valence-electron chi connectivity index (χ1n) is 8.38. The Morgan fingerprint density at radius 2 is 1.85 bits per heavy atom. The van der Waals surface area contributed by atoms with Crippen molar-refractivity contribution >= 4 is 34.0 Å². The van der Waals surface area contributed by atoms with Crippen molar-refractivity contribution in [2.75, 3.05) is 11.9 Å². The van der Waals surface area contributed by atoms with Crippen molar-refractivity contribution in [2.45, 2.75) is 29.0 Å². The molecule has 2 aromatic carbocycles. The van der Waals surface area contributed by atoms with Gasteiger partial charge in [0.05, 0.1) is 22.6 Å². The van der Waals surface area contributed by atoms with Crippen LogP contribution in [0.1, 0.15) is 12.5 Å². The Morgan fingerprint density at radius 1 is 1.22 bits per heavy atom. The summed E-state index contributed by atoms with van der Waals surface area (Å²) in [5.74, 6) is -0.818. The molecule has 3 rings (SSSR count). The van der Waals surface area contributed by atoms with Crippen molar-refractivity contribution in [3.8, 4) is 0 Å². The highest BCUT2D eigenvalue weighted by atomic mass is 35.5. The SMILES string of the molecule is C[C@@H]1N=N[C@@](C(=O)N(C)c2ccc(F)cc2)(S(=O)Cc2ccccc2)[C@H]1Cl. The molecule has 0 aliphatic carbocycles. The third-order valence-corrected chi connectivity index (χ3v) is 7.11. The third kappa shape index (κ3) is 3.66. The Hall–Kier alpha value is -2.12. The highest BCUT2D eigenvalue weighted by molar-refractivity contribution is 7.86. The summed E-state index contributed by atoms with van der Waals surface area (Å²) in [5.41, 5.74) is 1.27. The molecule has 1 heterocycles. The van der Waals surface area contributed by atoms with Crippen LogP contribution in [0.25, 0.3) is 0 Å². The summed E-state index contributed by atoms with van der Waals surface area (Å²) < 4.78 is 26.5. The van der Waals surface area contributed by atoms with Crippen LogP contribution in [0.2, 0.25) is 0 Å². The number of anilines is 1. The van der Waals surface area contributed by atoms with E-state index in [1.807, 2.05) is 30.3 Å². The van der Waals surface area contributed by atoms with E-state index in [1.54, 1.807) is 6.92 Å². The Bertz CT molecular complexity index is 878. The van der Waals surface area contributed by atoms with Gasteiger partial charge in [-0.05, 0) is 36.8 Å². The molecule has 1 unspecified atom stereocenters. The first kappa shape index (κ1) is 19.6. The molecule has 0 aromatic heterocycles. The lowest BCUT2D eigenvalue weighted by Crippen LogP contribution is -2.55. The van der Waals surface area contributed by atoms with Crippen molar-refractivity contribution in [3.63, 3.8) is 0 Å². The Morgan fingerprint density at radius 3 is 2.41 bits per heavy atom. The quantitative estimate of drug-likeness (QED) is 0.706. The molecule has 0 bridgehead atoms. The first-order chi connectivity index (χ1) is 12.9. The predicted molar refractivity (Wildman–Crippen MR) is 105 cm³/mol. The topological polar surface area (TPSA) is 62.1 Å². The Balaban J connectivity index is 1.95. The number of rotatable bonds is 5. The lowest BCUT2D eigenvalue weighted by atomic mass is 10.1. The minimum absolute atomic E-state index is 0.124. The summed E-state index contributed by atoms with van der Waals surface area (Å²) in [7, 11) is -0.215. The fraction of sp³-hybridized carbons (Fsp3) is 0.316. The maximum Gasteiger partial charge on any atom is 0.271 e. The number of carbonyl (C=O) groups is 1. The lowest BCUT2D eigenvalue weighted by Gasteiger charge is -2.31. The molecular weight excluding hydrogens is 389 g/mol. The van der Waals surface area contributed by atoms with E-state index in [4.69, 9.17) is 11.6 Å². The maximum absolute atomic E-state index is 13.3. The van der Waals surface area contributed by atoms with Crippen molar-refractivity contribution in [3.05, 3.63) is 66.0 Å². The number of hydrogen-bond donors (Lipinski definition) is 0. The van der Waals surface area contributed by atoms with E-state index in [2.05, 4.69) is 10.2 Å². The van der Waals surface area contributed by atoms with E-state index in [9.17, 15) is 13.4 Å². The first-order valence-corrected chi connectivity index (χ1v) is 10.1. The second kappa shape index (κ2) is 7.86. The van der Waals surface area contributed by atoms with Crippen LogP contribution in [0, 0.1) is 5.82 Å². The molecule has 1 aliphatic rings. The van der Waals surface area contributed by atoms with Crippen LogP contribution < -0.4 is 4.90 Å². The van der Waals surface area contributed by atoms with Gasteiger partial charge in [0.15, 0.2) is 0 Å². The Kier molecular flexibility index (Phi) is 5.72. The molecule has 0 spiro atoms. The van der Waals surface area contributed by atoms with Crippen LogP contribution in [-0.2, 0) is 21.3 Å². The molecular formula is C19H19ClFN3O2S.